The zero-order chi connectivity index (χ0) is 15.8. The first-order chi connectivity index (χ1) is 9.95. The number of nitrogens with zero attached hydrogens (tertiary/aromatic N) is 2. The lowest BCUT2D eigenvalue weighted by molar-refractivity contribution is -0.137. The maximum absolute atomic E-state index is 10.7. The van der Waals surface area contributed by atoms with Gasteiger partial charge in [0.25, 0.3) is 0 Å². The molecule has 0 aliphatic carbocycles. The predicted molar refractivity (Wildman–Crippen MR) is 82.3 cm³/mol. The van der Waals surface area contributed by atoms with Gasteiger partial charge in [-0.05, 0) is 30.7 Å². The van der Waals surface area contributed by atoms with Crippen molar-refractivity contribution in [2.75, 3.05) is 11.9 Å². The van der Waals surface area contributed by atoms with E-state index >= 15 is 0 Å². The number of carboxylic acid groups (broad SMARTS) is 1. The molecule has 0 saturated carbocycles. The number of hydrogen-bond acceptors (Lipinski definition) is 4. The third kappa shape index (κ3) is 5.60. The zero-order valence-corrected chi connectivity index (χ0v) is 13.0. The van der Waals surface area contributed by atoms with Crippen LogP contribution in [0, 0.1) is 23.2 Å². The fourth-order valence-electron chi connectivity index (χ4n) is 2.15. The molecule has 0 amide bonds. The Morgan fingerprint density at radius 1 is 1.52 bits per heavy atom. The van der Waals surface area contributed by atoms with Crippen molar-refractivity contribution in [2.45, 2.75) is 33.1 Å². The smallest absolute Gasteiger partial charge is 0.303 e. The van der Waals surface area contributed by atoms with Crippen LogP contribution >= 0.6 is 11.6 Å². The van der Waals surface area contributed by atoms with Crippen molar-refractivity contribution in [1.29, 1.82) is 5.26 Å². The molecular weight excluding hydrogens is 290 g/mol. The summed E-state index contributed by atoms with van der Waals surface area (Å²) in [4.78, 5) is 14.8. The number of carbonyl (C=O) groups is 1. The fourth-order valence-corrected chi connectivity index (χ4v) is 2.37. The van der Waals surface area contributed by atoms with Gasteiger partial charge in [-0.1, -0.05) is 25.4 Å². The van der Waals surface area contributed by atoms with Crippen LogP contribution in [0.25, 0.3) is 0 Å². The number of pyridine rings is 1. The van der Waals surface area contributed by atoms with Crippen molar-refractivity contribution < 1.29 is 9.90 Å². The lowest BCUT2D eigenvalue weighted by Crippen LogP contribution is -2.16. The van der Waals surface area contributed by atoms with Crippen LogP contribution in [-0.4, -0.2) is 22.6 Å². The van der Waals surface area contributed by atoms with Gasteiger partial charge in [0, 0.05) is 19.2 Å². The molecule has 0 aliphatic rings. The number of rotatable bonds is 8. The van der Waals surface area contributed by atoms with Gasteiger partial charge < -0.3 is 10.4 Å². The van der Waals surface area contributed by atoms with Crippen LogP contribution in [0.3, 0.4) is 0 Å². The normalized spacial score (nSPS) is 12.0. The molecule has 0 fully saturated rings. The summed E-state index contributed by atoms with van der Waals surface area (Å²) < 4.78 is 0. The number of nitriles is 1. The lowest BCUT2D eigenvalue weighted by atomic mass is 9.88. The second-order valence-corrected chi connectivity index (χ2v) is 5.66. The van der Waals surface area contributed by atoms with E-state index in [9.17, 15) is 4.79 Å². The summed E-state index contributed by atoms with van der Waals surface area (Å²) in [5.74, 6) is 0.475. The van der Waals surface area contributed by atoms with Gasteiger partial charge in [0.2, 0.25) is 0 Å². The number of nitrogens with one attached hydrogen (secondary N) is 1. The molecule has 1 heterocycles. The van der Waals surface area contributed by atoms with Crippen molar-refractivity contribution in [2.24, 2.45) is 11.8 Å². The van der Waals surface area contributed by atoms with E-state index in [-0.39, 0.29) is 6.42 Å². The lowest BCUT2D eigenvalue weighted by Gasteiger charge is -2.20. The molecular formula is C15H20ClN3O2. The number of carboxylic acids is 1. The highest BCUT2D eigenvalue weighted by atomic mass is 35.5. The second-order valence-electron chi connectivity index (χ2n) is 5.28. The molecule has 114 valence electrons. The molecule has 0 radical (unpaired) electrons. The Kier molecular flexibility index (Phi) is 6.97. The Hall–Kier alpha value is -1.80. The Bertz CT molecular complexity index is 526. The van der Waals surface area contributed by atoms with Gasteiger partial charge in [0.1, 0.15) is 16.9 Å². The summed E-state index contributed by atoms with van der Waals surface area (Å²) >= 11 is 6.06. The number of hydrogen-bond donors (Lipinski definition) is 2. The molecule has 21 heavy (non-hydrogen) atoms. The van der Waals surface area contributed by atoms with Crippen LogP contribution < -0.4 is 5.32 Å². The Labute approximate surface area is 130 Å². The van der Waals surface area contributed by atoms with Gasteiger partial charge in [0.05, 0.1) is 5.56 Å². The quantitative estimate of drug-likeness (QED) is 0.767. The molecule has 6 heteroatoms. The van der Waals surface area contributed by atoms with Crippen LogP contribution in [0.1, 0.15) is 38.7 Å². The van der Waals surface area contributed by atoms with E-state index in [1.807, 2.05) is 6.07 Å². The summed E-state index contributed by atoms with van der Waals surface area (Å²) in [6.07, 6.45) is 3.22. The van der Waals surface area contributed by atoms with Crippen molar-refractivity contribution in [3.05, 3.63) is 22.8 Å². The second kappa shape index (κ2) is 8.48. The molecule has 0 aliphatic heterocycles. The Balaban J connectivity index is 2.54. The van der Waals surface area contributed by atoms with Gasteiger partial charge in [-0.25, -0.2) is 4.98 Å². The van der Waals surface area contributed by atoms with Crippen LogP contribution in [-0.2, 0) is 4.79 Å². The summed E-state index contributed by atoms with van der Waals surface area (Å²) in [5, 5.41) is 21.1. The summed E-state index contributed by atoms with van der Waals surface area (Å²) in [7, 11) is 0. The van der Waals surface area contributed by atoms with E-state index in [0.717, 1.165) is 6.42 Å². The first kappa shape index (κ1) is 17.3. The average molecular weight is 310 g/mol. The fraction of sp³-hybridized carbons (Fsp3) is 0.533. The molecule has 0 spiro atoms. The number of aliphatic carboxylic acids is 1. The van der Waals surface area contributed by atoms with Crippen LogP contribution in [0.2, 0.25) is 5.02 Å². The summed E-state index contributed by atoms with van der Waals surface area (Å²) in [5.41, 5.74) is 0.389. The van der Waals surface area contributed by atoms with Crippen molar-refractivity contribution >= 4 is 23.4 Å². The highest BCUT2D eigenvalue weighted by Crippen LogP contribution is 2.24. The molecule has 1 aromatic heterocycles. The third-order valence-electron chi connectivity index (χ3n) is 3.49. The Morgan fingerprint density at radius 2 is 2.24 bits per heavy atom. The third-order valence-corrected chi connectivity index (χ3v) is 3.87. The minimum Gasteiger partial charge on any atom is -0.481 e. The monoisotopic (exact) mass is 309 g/mol. The number of aromatic nitrogens is 1. The Morgan fingerprint density at radius 3 is 2.81 bits per heavy atom. The van der Waals surface area contributed by atoms with Crippen molar-refractivity contribution in [1.82, 2.24) is 4.98 Å². The van der Waals surface area contributed by atoms with E-state index in [1.165, 1.54) is 6.20 Å². The molecule has 0 saturated heterocycles. The minimum atomic E-state index is -0.764. The topological polar surface area (TPSA) is 86.0 Å². The highest BCUT2D eigenvalue weighted by Gasteiger charge is 2.15. The van der Waals surface area contributed by atoms with Gasteiger partial charge in [-0.15, -0.1) is 0 Å². The van der Waals surface area contributed by atoms with Crippen molar-refractivity contribution in [3.8, 4) is 6.07 Å². The minimum absolute atomic E-state index is 0.186. The maximum Gasteiger partial charge on any atom is 0.303 e. The first-order valence-electron chi connectivity index (χ1n) is 6.96. The van der Waals surface area contributed by atoms with E-state index < -0.39 is 5.97 Å². The average Bonchev–Trinajstić information content (AvgIpc) is 2.43. The van der Waals surface area contributed by atoms with E-state index in [4.69, 9.17) is 22.0 Å². The van der Waals surface area contributed by atoms with Crippen LogP contribution in [0.15, 0.2) is 12.3 Å². The molecule has 0 bridgehead atoms. The molecule has 2 N–H and O–H groups in total. The first-order valence-corrected chi connectivity index (χ1v) is 7.33. The van der Waals surface area contributed by atoms with E-state index in [1.54, 1.807) is 6.07 Å². The van der Waals surface area contributed by atoms with E-state index in [2.05, 4.69) is 24.1 Å². The zero-order valence-electron chi connectivity index (χ0n) is 12.3. The molecule has 1 rings (SSSR count). The highest BCUT2D eigenvalue weighted by molar-refractivity contribution is 6.34. The van der Waals surface area contributed by atoms with Crippen molar-refractivity contribution in [3.63, 3.8) is 0 Å². The van der Waals surface area contributed by atoms with Crippen LogP contribution in [0.5, 0.6) is 0 Å². The maximum atomic E-state index is 10.7. The standard InChI is InChI=1S/C15H20ClN3O2/c1-10(2)11(3-4-13(20)21)5-7-18-15-14(16)12(9-17)6-8-19-15/h6,8,10-11H,3-5,7H2,1-2H3,(H,18,19)(H,20,21). The predicted octanol–water partition coefficient (Wildman–Crippen LogP) is 3.55. The molecule has 1 unspecified atom stereocenters. The number of anilines is 1. The molecule has 5 nitrogen and oxygen atoms in total. The van der Waals surface area contributed by atoms with E-state index in [0.29, 0.717) is 41.2 Å². The molecule has 1 aromatic rings. The van der Waals surface area contributed by atoms with Gasteiger partial charge >= 0.3 is 5.97 Å². The van der Waals surface area contributed by atoms with Crippen LogP contribution in [0.4, 0.5) is 5.82 Å². The van der Waals surface area contributed by atoms with Gasteiger partial charge in [0.15, 0.2) is 0 Å². The summed E-state index contributed by atoms with van der Waals surface area (Å²) in [6.45, 7) is 4.83. The molecule has 1 atom stereocenters. The summed E-state index contributed by atoms with van der Waals surface area (Å²) in [6, 6.07) is 3.58. The number of halogens is 1. The van der Waals surface area contributed by atoms with Gasteiger partial charge in [-0.2, -0.15) is 5.26 Å². The van der Waals surface area contributed by atoms with Gasteiger partial charge in [-0.3, -0.25) is 4.79 Å². The molecule has 0 aromatic carbocycles. The largest absolute Gasteiger partial charge is 0.481 e. The SMILES string of the molecule is CC(C)C(CCNc1nccc(C#N)c1Cl)CCC(=O)O.